The van der Waals surface area contributed by atoms with Crippen molar-refractivity contribution in [3.8, 4) is 0 Å². The number of hydrogen-bond acceptors (Lipinski definition) is 3. The summed E-state index contributed by atoms with van der Waals surface area (Å²) < 4.78 is 4.81. The molecule has 0 N–H and O–H groups in total. The molecule has 0 aromatic carbocycles. The van der Waals surface area contributed by atoms with Gasteiger partial charge in [0.1, 0.15) is 0 Å². The molecule has 0 aromatic heterocycles. The van der Waals surface area contributed by atoms with Gasteiger partial charge in [-0.1, -0.05) is 12.8 Å². The molecule has 1 aliphatic heterocycles. The molecule has 17 heavy (non-hydrogen) atoms. The van der Waals surface area contributed by atoms with E-state index in [1.165, 1.54) is 20.0 Å². The van der Waals surface area contributed by atoms with E-state index in [4.69, 9.17) is 4.74 Å². The Morgan fingerprint density at radius 1 is 1.35 bits per heavy atom. The fourth-order valence-electron chi connectivity index (χ4n) is 3.36. The van der Waals surface area contributed by atoms with Gasteiger partial charge in [0.15, 0.2) is 0 Å². The minimum absolute atomic E-state index is 0.109. The molecule has 0 spiro atoms. The first-order chi connectivity index (χ1) is 7.98. The van der Waals surface area contributed by atoms with Crippen molar-refractivity contribution in [2.75, 3.05) is 7.11 Å². The van der Waals surface area contributed by atoms with Gasteiger partial charge in [-0.15, -0.1) is 0 Å². The molecule has 1 saturated heterocycles. The van der Waals surface area contributed by atoms with Crippen LogP contribution in [0.3, 0.4) is 0 Å². The normalized spacial score (nSPS) is 28.8. The van der Waals surface area contributed by atoms with Crippen molar-refractivity contribution >= 4 is 11.9 Å². The number of likely N-dealkylation sites (tertiary alicyclic amines) is 1. The molecule has 0 radical (unpaired) electrons. The van der Waals surface area contributed by atoms with Crippen molar-refractivity contribution in [1.82, 2.24) is 4.90 Å². The summed E-state index contributed by atoms with van der Waals surface area (Å²) in [4.78, 5) is 25.8. The number of nitrogens with zero attached hydrogens (tertiary/aromatic N) is 1. The summed E-state index contributed by atoms with van der Waals surface area (Å²) in [6.07, 6.45) is 4.82. The number of carbonyl (C=O) groups excluding carboxylic acids is 2. The predicted octanol–water partition coefficient (Wildman–Crippen LogP) is 1.73. The van der Waals surface area contributed by atoms with Crippen molar-refractivity contribution in [3.63, 3.8) is 0 Å². The van der Waals surface area contributed by atoms with Gasteiger partial charge >= 0.3 is 5.97 Å². The molecule has 2 aliphatic rings. The molecule has 1 saturated carbocycles. The molecule has 1 amide bonds. The van der Waals surface area contributed by atoms with Gasteiger partial charge in [-0.25, -0.2) is 0 Å². The van der Waals surface area contributed by atoms with Crippen molar-refractivity contribution in [3.05, 3.63) is 0 Å². The van der Waals surface area contributed by atoms with E-state index >= 15 is 0 Å². The Labute approximate surface area is 102 Å². The third-order valence-electron chi connectivity index (χ3n) is 4.30. The Balaban J connectivity index is 2.22. The number of methoxy groups -OCH3 is 1. The van der Waals surface area contributed by atoms with Crippen LogP contribution >= 0.6 is 0 Å². The molecular weight excluding hydrogens is 218 g/mol. The van der Waals surface area contributed by atoms with Crippen LogP contribution in [-0.4, -0.2) is 35.5 Å². The number of hydrogen-bond donors (Lipinski definition) is 0. The average molecular weight is 239 g/mol. The lowest BCUT2D eigenvalue weighted by Gasteiger charge is -2.39. The van der Waals surface area contributed by atoms with Gasteiger partial charge in [-0.2, -0.15) is 0 Å². The summed E-state index contributed by atoms with van der Waals surface area (Å²) in [6.45, 7) is 3.97. The summed E-state index contributed by atoms with van der Waals surface area (Å²) in [5, 5.41) is 0. The Morgan fingerprint density at radius 3 is 2.47 bits per heavy atom. The fraction of sp³-hybridized carbons (Fsp3) is 0.846. The van der Waals surface area contributed by atoms with Gasteiger partial charge in [0.2, 0.25) is 5.91 Å². The summed E-state index contributed by atoms with van der Waals surface area (Å²) >= 11 is 0. The Bertz CT molecular complexity index is 332. The lowest BCUT2D eigenvalue weighted by molar-refractivity contribution is -0.148. The quantitative estimate of drug-likeness (QED) is 0.689. The first-order valence-electron chi connectivity index (χ1n) is 6.38. The topological polar surface area (TPSA) is 46.6 Å². The van der Waals surface area contributed by atoms with Crippen molar-refractivity contribution in [1.29, 1.82) is 0 Å². The standard InChI is InChI=1S/C13H21NO3/c1-13(2)10(12(16)17-3)8-11(15)14(13)9-6-4-5-7-9/h9-10H,4-8H2,1-3H3. The van der Waals surface area contributed by atoms with E-state index in [1.807, 2.05) is 18.7 Å². The van der Waals surface area contributed by atoms with E-state index < -0.39 is 5.54 Å². The first-order valence-corrected chi connectivity index (χ1v) is 6.38. The zero-order valence-electron chi connectivity index (χ0n) is 10.9. The summed E-state index contributed by atoms with van der Waals surface area (Å²) in [5.41, 5.74) is -0.404. The van der Waals surface area contributed by atoms with Crippen LogP contribution in [0.2, 0.25) is 0 Å². The molecule has 1 atom stereocenters. The van der Waals surface area contributed by atoms with E-state index in [2.05, 4.69) is 0 Å². The van der Waals surface area contributed by atoms with Crippen LogP contribution in [0.4, 0.5) is 0 Å². The monoisotopic (exact) mass is 239 g/mol. The van der Waals surface area contributed by atoms with Crippen LogP contribution < -0.4 is 0 Å². The van der Waals surface area contributed by atoms with Crippen molar-refractivity contribution < 1.29 is 14.3 Å². The van der Waals surface area contributed by atoms with Crippen molar-refractivity contribution in [2.45, 2.75) is 57.5 Å². The smallest absolute Gasteiger partial charge is 0.311 e. The zero-order valence-corrected chi connectivity index (χ0v) is 10.9. The van der Waals surface area contributed by atoms with Gasteiger partial charge in [-0.05, 0) is 26.7 Å². The molecular formula is C13H21NO3. The summed E-state index contributed by atoms with van der Waals surface area (Å²) in [5.74, 6) is -0.471. The lowest BCUT2D eigenvalue weighted by Crippen LogP contribution is -2.50. The zero-order chi connectivity index (χ0) is 12.6. The molecule has 4 nitrogen and oxygen atoms in total. The molecule has 1 heterocycles. The third kappa shape index (κ3) is 1.94. The van der Waals surface area contributed by atoms with Crippen LogP contribution in [0.25, 0.3) is 0 Å². The van der Waals surface area contributed by atoms with Crippen LogP contribution in [0.15, 0.2) is 0 Å². The predicted molar refractivity (Wildman–Crippen MR) is 63.3 cm³/mol. The van der Waals surface area contributed by atoms with Gasteiger partial charge in [0.05, 0.1) is 18.6 Å². The second kappa shape index (κ2) is 4.31. The number of carbonyl (C=O) groups is 2. The van der Waals surface area contributed by atoms with Crippen molar-refractivity contribution in [2.24, 2.45) is 5.92 Å². The number of esters is 1. The molecule has 2 fully saturated rings. The highest BCUT2D eigenvalue weighted by Crippen LogP contribution is 2.41. The number of rotatable bonds is 2. The minimum atomic E-state index is -0.404. The van der Waals surface area contributed by atoms with E-state index in [-0.39, 0.29) is 17.8 Å². The Hall–Kier alpha value is -1.06. The molecule has 0 aromatic rings. The highest BCUT2D eigenvalue weighted by atomic mass is 16.5. The fourth-order valence-corrected chi connectivity index (χ4v) is 3.36. The average Bonchev–Trinajstić information content (AvgIpc) is 2.84. The minimum Gasteiger partial charge on any atom is -0.469 e. The largest absolute Gasteiger partial charge is 0.469 e. The van der Waals surface area contributed by atoms with E-state index in [1.54, 1.807) is 0 Å². The van der Waals surface area contributed by atoms with Gasteiger partial charge in [-0.3, -0.25) is 9.59 Å². The van der Waals surface area contributed by atoms with Gasteiger partial charge in [0, 0.05) is 12.5 Å². The van der Waals surface area contributed by atoms with E-state index in [0.717, 1.165) is 12.8 Å². The van der Waals surface area contributed by atoms with Crippen LogP contribution in [0.1, 0.15) is 46.0 Å². The maximum atomic E-state index is 12.1. The summed E-state index contributed by atoms with van der Waals surface area (Å²) in [7, 11) is 1.39. The summed E-state index contributed by atoms with van der Waals surface area (Å²) in [6, 6.07) is 0.326. The highest BCUT2D eigenvalue weighted by Gasteiger charge is 2.52. The van der Waals surface area contributed by atoms with E-state index in [0.29, 0.717) is 12.5 Å². The second-order valence-electron chi connectivity index (χ2n) is 5.64. The maximum Gasteiger partial charge on any atom is 0.311 e. The number of ether oxygens (including phenoxy) is 1. The Kier molecular flexibility index (Phi) is 3.15. The molecule has 2 rings (SSSR count). The Morgan fingerprint density at radius 2 is 1.94 bits per heavy atom. The maximum absolute atomic E-state index is 12.1. The lowest BCUT2D eigenvalue weighted by atomic mass is 9.87. The van der Waals surface area contributed by atoms with Crippen LogP contribution in [-0.2, 0) is 14.3 Å². The van der Waals surface area contributed by atoms with Gasteiger partial charge in [0.25, 0.3) is 0 Å². The van der Waals surface area contributed by atoms with Crippen LogP contribution in [0.5, 0.6) is 0 Å². The highest BCUT2D eigenvalue weighted by molar-refractivity contribution is 5.89. The molecule has 4 heteroatoms. The molecule has 0 bridgehead atoms. The third-order valence-corrected chi connectivity index (χ3v) is 4.30. The SMILES string of the molecule is COC(=O)C1CC(=O)N(C2CCCC2)C1(C)C. The number of amides is 1. The van der Waals surface area contributed by atoms with Crippen LogP contribution in [0, 0.1) is 5.92 Å². The molecule has 1 aliphatic carbocycles. The van der Waals surface area contributed by atoms with E-state index in [9.17, 15) is 9.59 Å². The van der Waals surface area contributed by atoms with Gasteiger partial charge < -0.3 is 9.64 Å². The molecule has 1 unspecified atom stereocenters. The molecule has 96 valence electrons. The second-order valence-corrected chi connectivity index (χ2v) is 5.64. The first kappa shape index (κ1) is 12.4.